The van der Waals surface area contributed by atoms with E-state index in [1.807, 2.05) is 25.1 Å². The van der Waals surface area contributed by atoms with Gasteiger partial charge in [0.15, 0.2) is 0 Å². The van der Waals surface area contributed by atoms with Gasteiger partial charge in [0.05, 0.1) is 19.3 Å². The van der Waals surface area contributed by atoms with E-state index in [1.165, 1.54) is 0 Å². The maximum absolute atomic E-state index is 12.9. The number of fused-ring (bicyclic) bond motifs is 1. The second kappa shape index (κ2) is 6.09. The summed E-state index contributed by atoms with van der Waals surface area (Å²) in [6.45, 7) is 1.46. The SMILES string of the molecule is COc1nc2c(cc1C(=O)N1CC[C@@](O)(CN(C)C)C1)CCC2. The Balaban J connectivity index is 1.81. The van der Waals surface area contributed by atoms with Crippen molar-refractivity contribution in [3.05, 3.63) is 22.9 Å². The van der Waals surface area contributed by atoms with E-state index in [2.05, 4.69) is 4.98 Å². The van der Waals surface area contributed by atoms with E-state index in [-0.39, 0.29) is 5.91 Å². The largest absolute Gasteiger partial charge is 0.480 e. The van der Waals surface area contributed by atoms with Gasteiger partial charge in [-0.05, 0) is 51.4 Å². The number of aliphatic hydroxyl groups is 1. The molecule has 1 saturated heterocycles. The van der Waals surface area contributed by atoms with Crippen molar-refractivity contribution in [1.29, 1.82) is 0 Å². The highest BCUT2D eigenvalue weighted by molar-refractivity contribution is 5.97. The van der Waals surface area contributed by atoms with Gasteiger partial charge < -0.3 is 19.6 Å². The average molecular weight is 319 g/mol. The molecule has 1 fully saturated rings. The highest BCUT2D eigenvalue weighted by Gasteiger charge is 2.39. The number of hydrogen-bond acceptors (Lipinski definition) is 5. The van der Waals surface area contributed by atoms with Crippen LogP contribution in [0.2, 0.25) is 0 Å². The van der Waals surface area contributed by atoms with Crippen molar-refractivity contribution in [2.75, 3.05) is 40.8 Å². The van der Waals surface area contributed by atoms with Crippen LogP contribution in [0.25, 0.3) is 0 Å². The van der Waals surface area contributed by atoms with Crippen molar-refractivity contribution in [2.45, 2.75) is 31.3 Å². The molecule has 6 nitrogen and oxygen atoms in total. The third-order valence-corrected chi connectivity index (χ3v) is 4.67. The van der Waals surface area contributed by atoms with Gasteiger partial charge in [0.25, 0.3) is 5.91 Å². The highest BCUT2D eigenvalue weighted by Crippen LogP contribution is 2.30. The van der Waals surface area contributed by atoms with Crippen molar-refractivity contribution in [2.24, 2.45) is 0 Å². The lowest BCUT2D eigenvalue weighted by molar-refractivity contribution is 0.0235. The summed E-state index contributed by atoms with van der Waals surface area (Å²) >= 11 is 0. The lowest BCUT2D eigenvalue weighted by Crippen LogP contribution is -2.43. The molecule has 1 atom stereocenters. The molecule has 3 rings (SSSR count). The number of likely N-dealkylation sites (tertiary alicyclic amines) is 1. The van der Waals surface area contributed by atoms with E-state index in [9.17, 15) is 9.90 Å². The first-order chi connectivity index (χ1) is 10.9. The molecule has 126 valence electrons. The van der Waals surface area contributed by atoms with Gasteiger partial charge in [0.1, 0.15) is 5.56 Å². The number of carbonyl (C=O) groups is 1. The quantitative estimate of drug-likeness (QED) is 0.886. The van der Waals surface area contributed by atoms with Gasteiger partial charge in [0.2, 0.25) is 5.88 Å². The minimum Gasteiger partial charge on any atom is -0.480 e. The van der Waals surface area contributed by atoms with E-state index in [0.29, 0.717) is 37.5 Å². The van der Waals surface area contributed by atoms with Crippen LogP contribution in [-0.4, -0.2) is 72.2 Å². The van der Waals surface area contributed by atoms with Gasteiger partial charge in [-0.2, -0.15) is 0 Å². The number of ether oxygens (including phenoxy) is 1. The maximum atomic E-state index is 12.9. The number of amides is 1. The van der Waals surface area contributed by atoms with Gasteiger partial charge >= 0.3 is 0 Å². The molecule has 1 amide bonds. The van der Waals surface area contributed by atoms with Crippen molar-refractivity contribution in [3.8, 4) is 5.88 Å². The van der Waals surface area contributed by atoms with Gasteiger partial charge in [-0.3, -0.25) is 4.79 Å². The summed E-state index contributed by atoms with van der Waals surface area (Å²) in [5, 5.41) is 10.6. The lowest BCUT2D eigenvalue weighted by atomic mass is 10.0. The average Bonchev–Trinajstić information content (AvgIpc) is 3.10. The lowest BCUT2D eigenvalue weighted by Gasteiger charge is -2.26. The van der Waals surface area contributed by atoms with Gasteiger partial charge in [-0.1, -0.05) is 0 Å². The standard InChI is InChI=1S/C17H25N3O3/c1-19(2)10-17(22)7-8-20(11-17)16(21)13-9-12-5-4-6-14(12)18-15(13)23-3/h9,22H,4-8,10-11H2,1-3H3/t17-/m1/s1. The molecule has 1 aliphatic carbocycles. The fourth-order valence-corrected chi connectivity index (χ4v) is 3.68. The molecule has 1 aromatic heterocycles. The predicted molar refractivity (Wildman–Crippen MR) is 86.8 cm³/mol. The van der Waals surface area contributed by atoms with E-state index >= 15 is 0 Å². The van der Waals surface area contributed by atoms with Crippen molar-refractivity contribution < 1.29 is 14.6 Å². The molecular formula is C17H25N3O3. The van der Waals surface area contributed by atoms with E-state index in [4.69, 9.17) is 4.74 Å². The zero-order valence-electron chi connectivity index (χ0n) is 14.1. The normalized spacial score (nSPS) is 23.4. The third kappa shape index (κ3) is 3.19. The predicted octanol–water partition coefficient (Wildman–Crippen LogP) is 0.717. The highest BCUT2D eigenvalue weighted by atomic mass is 16.5. The van der Waals surface area contributed by atoms with E-state index in [0.717, 1.165) is 30.5 Å². The number of hydrogen-bond donors (Lipinski definition) is 1. The number of pyridine rings is 1. The molecule has 6 heteroatoms. The van der Waals surface area contributed by atoms with E-state index in [1.54, 1.807) is 12.0 Å². The van der Waals surface area contributed by atoms with Crippen LogP contribution >= 0.6 is 0 Å². The summed E-state index contributed by atoms with van der Waals surface area (Å²) in [6, 6.07) is 1.93. The number of likely N-dealkylation sites (N-methyl/N-ethyl adjacent to an activating group) is 1. The Hall–Kier alpha value is -1.66. The summed E-state index contributed by atoms with van der Waals surface area (Å²) in [7, 11) is 5.40. The molecule has 0 saturated carbocycles. The van der Waals surface area contributed by atoms with Crippen LogP contribution in [0.3, 0.4) is 0 Å². The number of nitrogens with zero attached hydrogens (tertiary/aromatic N) is 3. The topological polar surface area (TPSA) is 65.9 Å². The summed E-state index contributed by atoms with van der Waals surface area (Å²) in [4.78, 5) is 21.1. The first kappa shape index (κ1) is 16.2. The van der Waals surface area contributed by atoms with Crippen LogP contribution in [0.4, 0.5) is 0 Å². The molecule has 0 aromatic carbocycles. The first-order valence-electron chi connectivity index (χ1n) is 8.15. The Labute approximate surface area is 137 Å². The molecule has 1 N–H and O–H groups in total. The molecule has 23 heavy (non-hydrogen) atoms. The molecule has 1 aromatic rings. The minimum atomic E-state index is -0.837. The molecule has 0 unspecified atom stereocenters. The maximum Gasteiger partial charge on any atom is 0.259 e. The van der Waals surface area contributed by atoms with Crippen LogP contribution in [-0.2, 0) is 12.8 Å². The summed E-state index contributed by atoms with van der Waals surface area (Å²) in [6.07, 6.45) is 3.59. The number of aryl methyl sites for hydroxylation is 2. The Kier molecular flexibility index (Phi) is 4.29. The monoisotopic (exact) mass is 319 g/mol. The number of carbonyl (C=O) groups excluding carboxylic acids is 1. The fourth-order valence-electron chi connectivity index (χ4n) is 3.68. The summed E-state index contributed by atoms with van der Waals surface area (Å²) in [5.74, 6) is 0.303. The fraction of sp³-hybridized carbons (Fsp3) is 0.647. The van der Waals surface area contributed by atoms with Gasteiger partial charge in [-0.15, -0.1) is 0 Å². The number of aromatic nitrogens is 1. The van der Waals surface area contributed by atoms with Crippen LogP contribution < -0.4 is 4.74 Å². The number of β-amino-alcohol motifs (C(OH)–C–C–N with tert-alkyl or cyclic N) is 1. The molecular weight excluding hydrogens is 294 g/mol. The Morgan fingerprint density at radius 2 is 2.26 bits per heavy atom. The molecule has 1 aliphatic heterocycles. The summed E-state index contributed by atoms with van der Waals surface area (Å²) < 4.78 is 5.34. The number of methoxy groups -OCH3 is 1. The zero-order valence-corrected chi connectivity index (χ0v) is 14.1. The molecule has 0 bridgehead atoms. The zero-order chi connectivity index (χ0) is 16.6. The van der Waals surface area contributed by atoms with E-state index < -0.39 is 5.60 Å². The molecule has 0 spiro atoms. The first-order valence-corrected chi connectivity index (χ1v) is 8.15. The smallest absolute Gasteiger partial charge is 0.259 e. The number of rotatable bonds is 4. The van der Waals surface area contributed by atoms with Gasteiger partial charge in [-0.25, -0.2) is 4.98 Å². The van der Waals surface area contributed by atoms with Crippen LogP contribution in [0.1, 0.15) is 34.5 Å². The van der Waals surface area contributed by atoms with Crippen molar-refractivity contribution in [1.82, 2.24) is 14.8 Å². The second-order valence-electron chi connectivity index (χ2n) is 6.94. The van der Waals surface area contributed by atoms with Crippen molar-refractivity contribution >= 4 is 5.91 Å². The Morgan fingerprint density at radius 3 is 2.96 bits per heavy atom. The van der Waals surface area contributed by atoms with Gasteiger partial charge in [0, 0.05) is 18.8 Å². The van der Waals surface area contributed by atoms with Crippen LogP contribution in [0, 0.1) is 0 Å². The Bertz CT molecular complexity index is 617. The van der Waals surface area contributed by atoms with Crippen molar-refractivity contribution in [3.63, 3.8) is 0 Å². The third-order valence-electron chi connectivity index (χ3n) is 4.67. The molecule has 2 aliphatic rings. The molecule has 0 radical (unpaired) electrons. The van der Waals surface area contributed by atoms with Crippen LogP contribution in [0.15, 0.2) is 6.07 Å². The Morgan fingerprint density at radius 1 is 1.48 bits per heavy atom. The second-order valence-corrected chi connectivity index (χ2v) is 6.94. The summed E-state index contributed by atoms with van der Waals surface area (Å²) in [5.41, 5.74) is 1.87. The minimum absolute atomic E-state index is 0.0984. The molecule has 2 heterocycles. The van der Waals surface area contributed by atoms with Crippen LogP contribution in [0.5, 0.6) is 5.88 Å².